The average molecular weight is 235 g/mol. The first-order valence-corrected chi connectivity index (χ1v) is 6.42. The van der Waals surface area contributed by atoms with Crippen molar-refractivity contribution in [3.63, 3.8) is 0 Å². The summed E-state index contributed by atoms with van der Waals surface area (Å²) < 4.78 is 5.16. The Morgan fingerprint density at radius 3 is 2.29 bits per heavy atom. The van der Waals surface area contributed by atoms with E-state index in [9.17, 15) is 0 Å². The SMILES string of the molecule is COCC(C)CNC(c1ccccc1)C(C)C. The molecule has 0 saturated carbocycles. The van der Waals surface area contributed by atoms with Crippen molar-refractivity contribution in [1.82, 2.24) is 5.32 Å². The summed E-state index contributed by atoms with van der Waals surface area (Å²) in [4.78, 5) is 0. The molecule has 1 aromatic carbocycles. The van der Waals surface area contributed by atoms with Crippen molar-refractivity contribution in [1.29, 1.82) is 0 Å². The Kier molecular flexibility index (Phi) is 6.23. The van der Waals surface area contributed by atoms with Crippen LogP contribution in [0.3, 0.4) is 0 Å². The van der Waals surface area contributed by atoms with Crippen molar-refractivity contribution in [2.45, 2.75) is 26.8 Å². The molecule has 0 aliphatic rings. The Morgan fingerprint density at radius 2 is 1.76 bits per heavy atom. The van der Waals surface area contributed by atoms with Crippen LogP contribution in [-0.4, -0.2) is 20.3 Å². The highest BCUT2D eigenvalue weighted by atomic mass is 16.5. The highest BCUT2D eigenvalue weighted by Crippen LogP contribution is 2.21. The number of methoxy groups -OCH3 is 1. The Labute approximate surface area is 105 Å². The minimum Gasteiger partial charge on any atom is -0.384 e. The smallest absolute Gasteiger partial charge is 0.0499 e. The van der Waals surface area contributed by atoms with Gasteiger partial charge in [0.2, 0.25) is 0 Å². The maximum atomic E-state index is 5.16. The summed E-state index contributed by atoms with van der Waals surface area (Å²) in [5.41, 5.74) is 1.37. The molecule has 2 nitrogen and oxygen atoms in total. The Bertz CT molecular complexity index is 297. The first kappa shape index (κ1) is 14.2. The van der Waals surface area contributed by atoms with Crippen LogP contribution in [-0.2, 0) is 4.74 Å². The second kappa shape index (κ2) is 7.46. The van der Waals surface area contributed by atoms with Crippen LogP contribution in [0, 0.1) is 11.8 Å². The minimum absolute atomic E-state index is 0.426. The van der Waals surface area contributed by atoms with E-state index in [1.165, 1.54) is 5.56 Å². The van der Waals surface area contributed by atoms with Gasteiger partial charge in [-0.1, -0.05) is 51.1 Å². The van der Waals surface area contributed by atoms with Crippen LogP contribution >= 0.6 is 0 Å². The molecular weight excluding hydrogens is 210 g/mol. The monoisotopic (exact) mass is 235 g/mol. The molecule has 17 heavy (non-hydrogen) atoms. The molecule has 2 heteroatoms. The Balaban J connectivity index is 2.56. The topological polar surface area (TPSA) is 21.3 Å². The molecule has 0 saturated heterocycles. The molecule has 0 aliphatic heterocycles. The molecule has 1 rings (SSSR count). The van der Waals surface area contributed by atoms with E-state index in [0.717, 1.165) is 13.2 Å². The fourth-order valence-electron chi connectivity index (χ4n) is 2.07. The summed E-state index contributed by atoms with van der Waals surface area (Å²) in [6, 6.07) is 11.1. The van der Waals surface area contributed by atoms with E-state index in [-0.39, 0.29) is 0 Å². The molecule has 2 atom stereocenters. The van der Waals surface area contributed by atoms with Gasteiger partial charge in [0.1, 0.15) is 0 Å². The number of hydrogen-bond acceptors (Lipinski definition) is 2. The van der Waals surface area contributed by atoms with E-state index in [1.807, 2.05) is 0 Å². The fraction of sp³-hybridized carbons (Fsp3) is 0.600. The van der Waals surface area contributed by atoms with E-state index in [2.05, 4.69) is 56.4 Å². The average Bonchev–Trinajstić information content (AvgIpc) is 2.30. The molecule has 0 spiro atoms. The maximum Gasteiger partial charge on any atom is 0.0499 e. The van der Waals surface area contributed by atoms with Crippen LogP contribution in [0.15, 0.2) is 30.3 Å². The third-order valence-electron chi connectivity index (χ3n) is 2.96. The molecular formula is C15H25NO. The van der Waals surface area contributed by atoms with Crippen molar-refractivity contribution in [3.05, 3.63) is 35.9 Å². The lowest BCUT2D eigenvalue weighted by Gasteiger charge is -2.24. The molecule has 0 bridgehead atoms. The molecule has 0 heterocycles. The van der Waals surface area contributed by atoms with Crippen molar-refractivity contribution in [3.8, 4) is 0 Å². The molecule has 96 valence electrons. The quantitative estimate of drug-likeness (QED) is 0.783. The van der Waals surface area contributed by atoms with Gasteiger partial charge in [0.05, 0.1) is 0 Å². The number of ether oxygens (including phenoxy) is 1. The zero-order chi connectivity index (χ0) is 12.7. The van der Waals surface area contributed by atoms with Crippen LogP contribution < -0.4 is 5.32 Å². The number of nitrogens with one attached hydrogen (secondary N) is 1. The number of rotatable bonds is 7. The lowest BCUT2D eigenvalue weighted by Crippen LogP contribution is -2.31. The zero-order valence-corrected chi connectivity index (χ0v) is 11.4. The van der Waals surface area contributed by atoms with Gasteiger partial charge in [-0.05, 0) is 17.4 Å². The summed E-state index contributed by atoms with van der Waals surface area (Å²) in [6.45, 7) is 8.52. The van der Waals surface area contributed by atoms with Crippen LogP contribution in [0.5, 0.6) is 0 Å². The lowest BCUT2D eigenvalue weighted by atomic mass is 9.95. The highest BCUT2D eigenvalue weighted by Gasteiger charge is 2.15. The molecule has 1 aromatic rings. The molecule has 0 amide bonds. The zero-order valence-electron chi connectivity index (χ0n) is 11.4. The van der Waals surface area contributed by atoms with Gasteiger partial charge in [-0.25, -0.2) is 0 Å². The lowest BCUT2D eigenvalue weighted by molar-refractivity contribution is 0.155. The first-order valence-electron chi connectivity index (χ1n) is 6.42. The maximum absolute atomic E-state index is 5.16. The van der Waals surface area contributed by atoms with E-state index in [1.54, 1.807) is 7.11 Å². The normalized spacial score (nSPS) is 14.9. The first-order chi connectivity index (χ1) is 8.15. The van der Waals surface area contributed by atoms with Crippen LogP contribution in [0.1, 0.15) is 32.4 Å². The van der Waals surface area contributed by atoms with Crippen LogP contribution in [0.4, 0.5) is 0 Å². The van der Waals surface area contributed by atoms with Gasteiger partial charge in [0.25, 0.3) is 0 Å². The third kappa shape index (κ3) is 4.88. The molecule has 0 aliphatic carbocycles. The Morgan fingerprint density at radius 1 is 1.12 bits per heavy atom. The van der Waals surface area contributed by atoms with Crippen molar-refractivity contribution in [2.24, 2.45) is 11.8 Å². The minimum atomic E-state index is 0.426. The standard InChI is InChI=1S/C15H25NO/c1-12(2)15(14-8-6-5-7-9-14)16-10-13(3)11-17-4/h5-9,12-13,15-16H,10-11H2,1-4H3. The van der Waals surface area contributed by atoms with Crippen LogP contribution in [0.25, 0.3) is 0 Å². The van der Waals surface area contributed by atoms with Crippen molar-refractivity contribution >= 4 is 0 Å². The summed E-state index contributed by atoms with van der Waals surface area (Å²) in [5, 5.41) is 3.64. The van der Waals surface area contributed by atoms with Crippen LogP contribution in [0.2, 0.25) is 0 Å². The molecule has 2 unspecified atom stereocenters. The summed E-state index contributed by atoms with van der Waals surface area (Å²) in [7, 11) is 1.76. The fourth-order valence-corrected chi connectivity index (χ4v) is 2.07. The van der Waals surface area contributed by atoms with Gasteiger partial charge >= 0.3 is 0 Å². The predicted molar refractivity (Wildman–Crippen MR) is 73.1 cm³/mol. The van der Waals surface area contributed by atoms with Gasteiger partial charge in [0, 0.05) is 26.3 Å². The van der Waals surface area contributed by atoms with Crippen molar-refractivity contribution < 1.29 is 4.74 Å². The molecule has 0 radical (unpaired) electrons. The summed E-state index contributed by atoms with van der Waals surface area (Å²) >= 11 is 0. The predicted octanol–water partition coefficient (Wildman–Crippen LogP) is 3.26. The van der Waals surface area contributed by atoms with Gasteiger partial charge in [-0.15, -0.1) is 0 Å². The number of benzene rings is 1. The largest absolute Gasteiger partial charge is 0.384 e. The molecule has 1 N–H and O–H groups in total. The van der Waals surface area contributed by atoms with Crippen molar-refractivity contribution in [2.75, 3.05) is 20.3 Å². The second-order valence-corrected chi connectivity index (χ2v) is 5.10. The molecule has 0 aromatic heterocycles. The van der Waals surface area contributed by atoms with E-state index in [4.69, 9.17) is 4.74 Å². The van der Waals surface area contributed by atoms with Gasteiger partial charge in [0.15, 0.2) is 0 Å². The van der Waals surface area contributed by atoms with E-state index < -0.39 is 0 Å². The van der Waals surface area contributed by atoms with E-state index in [0.29, 0.717) is 17.9 Å². The number of hydrogen-bond donors (Lipinski definition) is 1. The van der Waals surface area contributed by atoms with Gasteiger partial charge < -0.3 is 10.1 Å². The van der Waals surface area contributed by atoms with E-state index >= 15 is 0 Å². The Hall–Kier alpha value is -0.860. The summed E-state index contributed by atoms with van der Waals surface area (Å²) in [6.07, 6.45) is 0. The highest BCUT2D eigenvalue weighted by molar-refractivity contribution is 5.19. The second-order valence-electron chi connectivity index (χ2n) is 5.10. The summed E-state index contributed by atoms with van der Waals surface area (Å²) in [5.74, 6) is 1.14. The third-order valence-corrected chi connectivity index (χ3v) is 2.96. The van der Waals surface area contributed by atoms with Gasteiger partial charge in [-0.3, -0.25) is 0 Å². The van der Waals surface area contributed by atoms with Gasteiger partial charge in [-0.2, -0.15) is 0 Å². The molecule has 0 fully saturated rings.